The molecule has 7 nitrogen and oxygen atoms in total. The van der Waals surface area contributed by atoms with Crippen LogP contribution in [0.5, 0.6) is 0 Å². The Morgan fingerprint density at radius 2 is 1.89 bits per heavy atom. The summed E-state index contributed by atoms with van der Waals surface area (Å²) in [5.74, 6) is 0.540. The summed E-state index contributed by atoms with van der Waals surface area (Å²) in [4.78, 5) is 48.0. The topological polar surface area (TPSA) is 95.2 Å². The lowest BCUT2D eigenvalue weighted by Gasteiger charge is -2.15. The molecule has 0 radical (unpaired) electrons. The SMILES string of the molecule is O=C(CCc1nc2sc3c(c2c(=O)[nH]1)CCCC3)NCCC(=O)N1CCCC1. The van der Waals surface area contributed by atoms with Crippen LogP contribution in [0.25, 0.3) is 10.2 Å². The molecule has 3 heterocycles. The molecule has 1 aliphatic carbocycles. The molecule has 2 N–H and O–H groups in total. The number of likely N-dealkylation sites (tertiary alicyclic amines) is 1. The molecule has 2 aromatic rings. The number of fused-ring (bicyclic) bond motifs is 3. The van der Waals surface area contributed by atoms with E-state index in [2.05, 4.69) is 15.3 Å². The van der Waals surface area contributed by atoms with Crippen LogP contribution in [0, 0.1) is 0 Å². The van der Waals surface area contributed by atoms with E-state index in [4.69, 9.17) is 0 Å². The fraction of sp³-hybridized carbons (Fsp3) is 0.600. The van der Waals surface area contributed by atoms with Crippen molar-refractivity contribution < 1.29 is 9.59 Å². The zero-order valence-corrected chi connectivity index (χ0v) is 16.8. The Balaban J connectivity index is 1.30. The molecule has 0 saturated carbocycles. The highest BCUT2D eigenvalue weighted by molar-refractivity contribution is 7.18. The normalized spacial score (nSPS) is 16.4. The van der Waals surface area contributed by atoms with E-state index in [1.54, 1.807) is 11.3 Å². The predicted molar refractivity (Wildman–Crippen MR) is 109 cm³/mol. The van der Waals surface area contributed by atoms with Crippen LogP contribution in [-0.2, 0) is 28.9 Å². The largest absolute Gasteiger partial charge is 0.356 e. The number of H-pyrrole nitrogens is 1. The Kier molecular flexibility index (Phi) is 5.75. The van der Waals surface area contributed by atoms with E-state index in [0.29, 0.717) is 25.2 Å². The first kappa shape index (κ1) is 19.1. The van der Waals surface area contributed by atoms with Gasteiger partial charge >= 0.3 is 0 Å². The van der Waals surface area contributed by atoms with Crippen LogP contribution < -0.4 is 10.9 Å². The lowest BCUT2D eigenvalue weighted by atomic mass is 9.97. The van der Waals surface area contributed by atoms with Crippen LogP contribution in [-0.4, -0.2) is 46.3 Å². The molecule has 8 heteroatoms. The van der Waals surface area contributed by atoms with Crippen molar-refractivity contribution in [3.63, 3.8) is 0 Å². The molecule has 150 valence electrons. The third-order valence-electron chi connectivity index (χ3n) is 5.58. The summed E-state index contributed by atoms with van der Waals surface area (Å²) in [5.41, 5.74) is 1.09. The van der Waals surface area contributed by atoms with Gasteiger partial charge in [0.25, 0.3) is 5.56 Å². The number of thiophene rings is 1. The molecule has 4 rings (SSSR count). The van der Waals surface area contributed by atoms with E-state index in [-0.39, 0.29) is 23.8 Å². The summed E-state index contributed by atoms with van der Waals surface area (Å²) >= 11 is 1.62. The Bertz CT molecular complexity index is 943. The molecular formula is C20H26N4O3S. The van der Waals surface area contributed by atoms with Crippen molar-refractivity contribution in [2.45, 2.75) is 57.8 Å². The van der Waals surface area contributed by atoms with Crippen LogP contribution >= 0.6 is 11.3 Å². The average Bonchev–Trinajstić information content (AvgIpc) is 3.34. The van der Waals surface area contributed by atoms with Gasteiger partial charge in [-0.3, -0.25) is 14.4 Å². The number of carbonyl (C=O) groups excluding carboxylic acids is 2. The third-order valence-corrected chi connectivity index (χ3v) is 6.77. The van der Waals surface area contributed by atoms with Gasteiger partial charge in [-0.1, -0.05) is 0 Å². The van der Waals surface area contributed by atoms with Gasteiger partial charge in [-0.15, -0.1) is 11.3 Å². The first-order chi connectivity index (χ1) is 13.6. The van der Waals surface area contributed by atoms with Crippen LogP contribution in [0.1, 0.15) is 54.8 Å². The van der Waals surface area contributed by atoms with Gasteiger partial charge in [0, 0.05) is 43.8 Å². The first-order valence-electron chi connectivity index (χ1n) is 10.2. The molecule has 0 bridgehead atoms. The number of nitrogens with zero attached hydrogens (tertiary/aromatic N) is 2. The fourth-order valence-electron chi connectivity index (χ4n) is 4.08. The van der Waals surface area contributed by atoms with Gasteiger partial charge in [-0.2, -0.15) is 0 Å². The highest BCUT2D eigenvalue weighted by Crippen LogP contribution is 2.33. The van der Waals surface area contributed by atoms with E-state index < -0.39 is 0 Å². The van der Waals surface area contributed by atoms with Gasteiger partial charge in [0.2, 0.25) is 11.8 Å². The van der Waals surface area contributed by atoms with Crippen LogP contribution in [0.4, 0.5) is 0 Å². The number of aryl methyl sites for hydroxylation is 3. The van der Waals surface area contributed by atoms with Crippen LogP contribution in [0.15, 0.2) is 4.79 Å². The molecule has 2 aromatic heterocycles. The van der Waals surface area contributed by atoms with Crippen molar-refractivity contribution in [1.82, 2.24) is 20.2 Å². The number of rotatable bonds is 6. The van der Waals surface area contributed by atoms with Gasteiger partial charge in [0.15, 0.2) is 0 Å². The number of carbonyl (C=O) groups is 2. The van der Waals surface area contributed by atoms with E-state index in [0.717, 1.165) is 55.4 Å². The van der Waals surface area contributed by atoms with Crippen molar-refractivity contribution in [3.8, 4) is 0 Å². The second kappa shape index (κ2) is 8.43. The predicted octanol–water partition coefficient (Wildman–Crippen LogP) is 1.92. The van der Waals surface area contributed by atoms with E-state index in [1.165, 1.54) is 16.9 Å². The van der Waals surface area contributed by atoms with E-state index in [9.17, 15) is 14.4 Å². The van der Waals surface area contributed by atoms with Gasteiger partial charge in [0.05, 0.1) is 5.39 Å². The molecule has 0 atom stereocenters. The maximum Gasteiger partial charge on any atom is 0.259 e. The van der Waals surface area contributed by atoms with Crippen molar-refractivity contribution >= 4 is 33.4 Å². The second-order valence-corrected chi connectivity index (χ2v) is 8.68. The number of nitrogens with one attached hydrogen (secondary N) is 2. The number of hydrogen-bond donors (Lipinski definition) is 2. The first-order valence-corrected chi connectivity index (χ1v) is 11.0. The van der Waals surface area contributed by atoms with Crippen LogP contribution in [0.3, 0.4) is 0 Å². The monoisotopic (exact) mass is 402 g/mol. The van der Waals surface area contributed by atoms with E-state index in [1.807, 2.05) is 4.90 Å². The van der Waals surface area contributed by atoms with Gasteiger partial charge in [0.1, 0.15) is 10.7 Å². The Morgan fingerprint density at radius 3 is 2.71 bits per heavy atom. The zero-order valence-electron chi connectivity index (χ0n) is 16.0. The van der Waals surface area contributed by atoms with Crippen molar-refractivity contribution in [2.75, 3.05) is 19.6 Å². The number of hydrogen-bond acceptors (Lipinski definition) is 5. The zero-order chi connectivity index (χ0) is 19.5. The Morgan fingerprint density at radius 1 is 1.11 bits per heavy atom. The Hall–Kier alpha value is -2.22. The average molecular weight is 403 g/mol. The molecule has 1 saturated heterocycles. The highest BCUT2D eigenvalue weighted by Gasteiger charge is 2.20. The van der Waals surface area contributed by atoms with E-state index >= 15 is 0 Å². The molecule has 28 heavy (non-hydrogen) atoms. The molecule has 0 spiro atoms. The minimum atomic E-state index is -0.123. The summed E-state index contributed by atoms with van der Waals surface area (Å²) in [5, 5.41) is 3.54. The summed E-state index contributed by atoms with van der Waals surface area (Å²) in [6.45, 7) is 2.02. The molecule has 0 aromatic carbocycles. The number of aromatic nitrogens is 2. The smallest absolute Gasteiger partial charge is 0.259 e. The molecule has 1 aliphatic heterocycles. The second-order valence-electron chi connectivity index (χ2n) is 7.59. The van der Waals surface area contributed by atoms with Crippen molar-refractivity contribution in [1.29, 1.82) is 0 Å². The molecular weight excluding hydrogens is 376 g/mol. The molecule has 0 unspecified atom stereocenters. The lowest BCUT2D eigenvalue weighted by Crippen LogP contribution is -2.32. The number of aromatic amines is 1. The minimum Gasteiger partial charge on any atom is -0.356 e. The summed E-state index contributed by atoms with van der Waals surface area (Å²) in [6.07, 6.45) is 7.40. The fourth-order valence-corrected chi connectivity index (χ4v) is 5.36. The number of amides is 2. The summed E-state index contributed by atoms with van der Waals surface area (Å²) < 4.78 is 0. The third kappa shape index (κ3) is 4.11. The van der Waals surface area contributed by atoms with Gasteiger partial charge in [-0.05, 0) is 44.1 Å². The van der Waals surface area contributed by atoms with Gasteiger partial charge < -0.3 is 15.2 Å². The lowest BCUT2D eigenvalue weighted by molar-refractivity contribution is -0.130. The quantitative estimate of drug-likeness (QED) is 0.772. The maximum absolute atomic E-state index is 12.5. The minimum absolute atomic E-state index is 0.0870. The van der Waals surface area contributed by atoms with Crippen molar-refractivity contribution in [2.24, 2.45) is 0 Å². The van der Waals surface area contributed by atoms with Gasteiger partial charge in [-0.25, -0.2) is 4.98 Å². The molecule has 2 aliphatic rings. The molecule has 2 amide bonds. The summed E-state index contributed by atoms with van der Waals surface area (Å²) in [6, 6.07) is 0. The molecule has 1 fully saturated rings. The standard InChI is InChI=1S/C20H26N4O3S/c25-16(21-10-9-17(26)24-11-3-4-12-24)8-7-15-22-19(27)18-13-5-1-2-6-14(13)28-20(18)23-15/h1-12H2,(H,21,25)(H,22,23,27). The summed E-state index contributed by atoms with van der Waals surface area (Å²) in [7, 11) is 0. The Labute approximate surface area is 167 Å². The highest BCUT2D eigenvalue weighted by atomic mass is 32.1. The maximum atomic E-state index is 12.5. The van der Waals surface area contributed by atoms with Crippen LogP contribution in [0.2, 0.25) is 0 Å². The van der Waals surface area contributed by atoms with Crippen molar-refractivity contribution in [3.05, 3.63) is 26.6 Å².